The lowest BCUT2D eigenvalue weighted by Gasteiger charge is -2.08. The Morgan fingerprint density at radius 2 is 2.20 bits per heavy atom. The summed E-state index contributed by atoms with van der Waals surface area (Å²) in [7, 11) is 0. The Morgan fingerprint density at radius 1 is 1.47 bits per heavy atom. The van der Waals surface area contributed by atoms with E-state index in [4.69, 9.17) is 4.42 Å². The molecule has 1 aromatic heterocycles. The maximum Gasteiger partial charge on any atom is 0.117 e. The van der Waals surface area contributed by atoms with Gasteiger partial charge in [0, 0.05) is 11.5 Å². The predicted molar refractivity (Wildman–Crippen MR) is 59.7 cm³/mol. The summed E-state index contributed by atoms with van der Waals surface area (Å²) in [5, 5.41) is 3.54. The van der Waals surface area contributed by atoms with Crippen molar-refractivity contribution < 1.29 is 4.42 Å². The van der Waals surface area contributed by atoms with Crippen LogP contribution in [0.2, 0.25) is 0 Å². The van der Waals surface area contributed by atoms with E-state index in [0.29, 0.717) is 11.5 Å². The summed E-state index contributed by atoms with van der Waals surface area (Å²) in [4.78, 5) is 0. The summed E-state index contributed by atoms with van der Waals surface area (Å²) in [5.41, 5.74) is 0.403. The molecule has 0 saturated heterocycles. The first-order chi connectivity index (χ1) is 7.16. The van der Waals surface area contributed by atoms with Crippen LogP contribution in [-0.4, -0.2) is 5.54 Å². The minimum atomic E-state index is 0.403. The van der Waals surface area contributed by atoms with Crippen molar-refractivity contribution in [3.63, 3.8) is 0 Å². The molecule has 2 unspecified atom stereocenters. The number of rotatable bonds is 4. The number of nitrogens with one attached hydrogen (secondary N) is 1. The molecule has 0 aliphatic heterocycles. The van der Waals surface area contributed by atoms with E-state index in [-0.39, 0.29) is 0 Å². The molecule has 0 spiro atoms. The van der Waals surface area contributed by atoms with Crippen LogP contribution in [-0.2, 0) is 6.54 Å². The molecule has 2 aliphatic carbocycles. The van der Waals surface area contributed by atoms with Gasteiger partial charge in [0.05, 0.1) is 6.54 Å². The van der Waals surface area contributed by atoms with E-state index < -0.39 is 0 Å². The monoisotopic (exact) mass is 205 g/mol. The van der Waals surface area contributed by atoms with E-state index in [2.05, 4.69) is 31.3 Å². The average molecular weight is 205 g/mol. The molecule has 2 saturated carbocycles. The second kappa shape index (κ2) is 3.11. The van der Waals surface area contributed by atoms with E-state index in [1.54, 1.807) is 0 Å². The van der Waals surface area contributed by atoms with Crippen LogP contribution in [0.25, 0.3) is 0 Å². The topological polar surface area (TPSA) is 25.2 Å². The van der Waals surface area contributed by atoms with Crippen molar-refractivity contribution in [2.75, 3.05) is 0 Å². The van der Waals surface area contributed by atoms with Crippen molar-refractivity contribution >= 4 is 0 Å². The molecule has 1 heterocycles. The van der Waals surface area contributed by atoms with Crippen molar-refractivity contribution in [2.45, 2.75) is 51.1 Å². The van der Waals surface area contributed by atoms with Gasteiger partial charge in [0.15, 0.2) is 0 Å². The number of hydrogen-bond donors (Lipinski definition) is 1. The zero-order valence-corrected chi connectivity index (χ0v) is 9.55. The molecule has 1 aromatic rings. The summed E-state index contributed by atoms with van der Waals surface area (Å²) in [5.74, 6) is 3.82. The zero-order valence-electron chi connectivity index (χ0n) is 9.55. The second-order valence-electron chi connectivity index (χ2n) is 5.54. The van der Waals surface area contributed by atoms with Crippen LogP contribution in [0.3, 0.4) is 0 Å². The summed E-state index contributed by atoms with van der Waals surface area (Å²) < 4.78 is 5.84. The molecule has 2 nitrogen and oxygen atoms in total. The molecule has 2 fully saturated rings. The van der Waals surface area contributed by atoms with Crippen molar-refractivity contribution in [2.24, 2.45) is 5.92 Å². The van der Waals surface area contributed by atoms with Crippen LogP contribution >= 0.6 is 0 Å². The number of hydrogen-bond acceptors (Lipinski definition) is 2. The van der Waals surface area contributed by atoms with Gasteiger partial charge in [0.2, 0.25) is 0 Å². The highest BCUT2D eigenvalue weighted by Gasteiger charge is 2.38. The molecule has 15 heavy (non-hydrogen) atoms. The van der Waals surface area contributed by atoms with Gasteiger partial charge in [-0.1, -0.05) is 6.92 Å². The summed E-state index contributed by atoms with van der Waals surface area (Å²) >= 11 is 0. The maximum atomic E-state index is 5.84. The van der Waals surface area contributed by atoms with Crippen molar-refractivity contribution in [3.8, 4) is 0 Å². The Bertz CT molecular complexity index is 364. The van der Waals surface area contributed by atoms with Crippen LogP contribution in [0, 0.1) is 5.92 Å². The van der Waals surface area contributed by atoms with Crippen LogP contribution in [0.15, 0.2) is 16.5 Å². The van der Waals surface area contributed by atoms with Gasteiger partial charge in [0.1, 0.15) is 11.5 Å². The maximum absolute atomic E-state index is 5.84. The van der Waals surface area contributed by atoms with Crippen LogP contribution < -0.4 is 5.32 Å². The molecule has 0 amide bonds. The largest absolute Gasteiger partial charge is 0.464 e. The van der Waals surface area contributed by atoms with Crippen LogP contribution in [0.1, 0.15) is 50.5 Å². The summed E-state index contributed by atoms with van der Waals surface area (Å²) in [6.45, 7) is 5.45. The Kier molecular flexibility index (Phi) is 1.96. The first kappa shape index (κ1) is 9.46. The highest BCUT2D eigenvalue weighted by molar-refractivity contribution is 5.17. The molecule has 2 atom stereocenters. The van der Waals surface area contributed by atoms with E-state index in [9.17, 15) is 0 Å². The Hall–Kier alpha value is -0.760. The van der Waals surface area contributed by atoms with Gasteiger partial charge in [-0.25, -0.2) is 0 Å². The molecule has 82 valence electrons. The molecule has 0 bridgehead atoms. The minimum Gasteiger partial charge on any atom is -0.464 e. The fourth-order valence-electron chi connectivity index (χ4n) is 2.07. The third-order valence-electron chi connectivity index (χ3n) is 3.85. The lowest BCUT2D eigenvalue weighted by atomic mass is 10.3. The molecule has 0 radical (unpaired) electrons. The van der Waals surface area contributed by atoms with E-state index in [1.807, 2.05) is 0 Å². The van der Waals surface area contributed by atoms with E-state index >= 15 is 0 Å². The van der Waals surface area contributed by atoms with Crippen molar-refractivity contribution in [3.05, 3.63) is 23.7 Å². The summed E-state index contributed by atoms with van der Waals surface area (Å²) in [6.07, 6.45) is 3.92. The van der Waals surface area contributed by atoms with Gasteiger partial charge >= 0.3 is 0 Å². The smallest absolute Gasteiger partial charge is 0.117 e. The third-order valence-corrected chi connectivity index (χ3v) is 3.85. The van der Waals surface area contributed by atoms with E-state index in [1.165, 1.54) is 25.0 Å². The van der Waals surface area contributed by atoms with Gasteiger partial charge in [-0.15, -0.1) is 0 Å². The van der Waals surface area contributed by atoms with Gasteiger partial charge in [-0.05, 0) is 44.2 Å². The molecule has 1 N–H and O–H groups in total. The third kappa shape index (κ3) is 1.96. The Morgan fingerprint density at radius 3 is 2.80 bits per heavy atom. The number of furan rings is 1. The fourth-order valence-corrected chi connectivity index (χ4v) is 2.07. The lowest BCUT2D eigenvalue weighted by molar-refractivity contribution is 0.422. The van der Waals surface area contributed by atoms with Crippen LogP contribution in [0.4, 0.5) is 0 Å². The van der Waals surface area contributed by atoms with E-state index in [0.717, 1.165) is 18.2 Å². The minimum absolute atomic E-state index is 0.403. The second-order valence-corrected chi connectivity index (χ2v) is 5.54. The highest BCUT2D eigenvalue weighted by atomic mass is 16.3. The average Bonchev–Trinajstić information content (AvgIpc) is 3.07. The van der Waals surface area contributed by atoms with Gasteiger partial charge in [-0.3, -0.25) is 0 Å². The SMILES string of the molecule is CC1CC1c1ccc(CNC2(C)CC2)o1. The zero-order chi connectivity index (χ0) is 10.5. The molecule has 2 heteroatoms. The van der Waals surface area contributed by atoms with Gasteiger partial charge in [-0.2, -0.15) is 0 Å². The first-order valence-corrected chi connectivity index (χ1v) is 6.00. The first-order valence-electron chi connectivity index (χ1n) is 6.00. The normalized spacial score (nSPS) is 31.6. The molecule has 2 aliphatic rings. The van der Waals surface area contributed by atoms with Gasteiger partial charge < -0.3 is 9.73 Å². The fraction of sp³-hybridized carbons (Fsp3) is 0.692. The Labute approximate surface area is 91.0 Å². The molecular formula is C13H19NO. The van der Waals surface area contributed by atoms with Crippen molar-refractivity contribution in [1.82, 2.24) is 5.32 Å². The van der Waals surface area contributed by atoms with Crippen LogP contribution in [0.5, 0.6) is 0 Å². The summed E-state index contributed by atoms with van der Waals surface area (Å²) in [6, 6.07) is 4.28. The standard InChI is InChI=1S/C13H19NO/c1-9-7-11(9)12-4-3-10(15-12)8-14-13(2)5-6-13/h3-4,9,11,14H,5-8H2,1-2H3. The molecule has 3 rings (SSSR count). The predicted octanol–water partition coefficient (Wildman–Crippen LogP) is 3.05. The Balaban J connectivity index is 1.59. The highest BCUT2D eigenvalue weighted by Crippen LogP contribution is 2.47. The van der Waals surface area contributed by atoms with Crippen molar-refractivity contribution in [1.29, 1.82) is 0 Å². The lowest BCUT2D eigenvalue weighted by Crippen LogP contribution is -2.26. The van der Waals surface area contributed by atoms with Gasteiger partial charge in [0.25, 0.3) is 0 Å². The molecule has 0 aromatic carbocycles. The molecular weight excluding hydrogens is 186 g/mol. The quantitative estimate of drug-likeness (QED) is 0.817.